The number of methoxy groups -OCH3 is 1. The highest BCUT2D eigenvalue weighted by Crippen LogP contribution is 2.50. The van der Waals surface area contributed by atoms with Gasteiger partial charge in [0.2, 0.25) is 5.67 Å². The second kappa shape index (κ2) is 8.16. The molecule has 2 N–H and O–H groups in total. The first-order valence-electron chi connectivity index (χ1n) is 11.8. The number of hydrogen-bond acceptors (Lipinski definition) is 3. The Kier molecular flexibility index (Phi) is 5.47. The molecule has 5 rings (SSSR count). The standard InChI is InChI=1S/C27H29F2N3O3/c1-15-9-18(5-6-20(15)28)32-22-10-17-13-30-31-21(17)11-19(22)23(24(32)26(2,3)14-35-4)16-7-8-27(29,12-16)25(33)34/h5-6,9-11,13,16H,7-8,12,14H2,1-4H3,(H,30,31)(H,33,34)/t16?,27-/m0/s1. The van der Waals surface area contributed by atoms with E-state index in [4.69, 9.17) is 4.74 Å². The molecule has 0 amide bonds. The van der Waals surface area contributed by atoms with Crippen molar-refractivity contribution < 1.29 is 23.4 Å². The maximum Gasteiger partial charge on any atom is 0.341 e. The summed E-state index contributed by atoms with van der Waals surface area (Å²) in [6.07, 6.45) is 2.03. The Morgan fingerprint density at radius 2 is 2.11 bits per heavy atom. The number of alkyl halides is 1. The van der Waals surface area contributed by atoms with Crippen LogP contribution in [0.2, 0.25) is 0 Å². The van der Waals surface area contributed by atoms with E-state index in [9.17, 15) is 14.3 Å². The molecule has 2 aromatic carbocycles. The molecule has 1 aliphatic rings. The molecule has 0 spiro atoms. The number of hydrogen-bond donors (Lipinski definition) is 2. The van der Waals surface area contributed by atoms with Crippen molar-refractivity contribution in [3.63, 3.8) is 0 Å². The first kappa shape index (κ1) is 23.5. The summed E-state index contributed by atoms with van der Waals surface area (Å²) >= 11 is 0. The molecule has 4 aromatic rings. The van der Waals surface area contributed by atoms with Crippen LogP contribution in [0.4, 0.5) is 8.78 Å². The lowest BCUT2D eigenvalue weighted by atomic mass is 9.82. The van der Waals surface area contributed by atoms with Crippen molar-refractivity contribution in [2.24, 2.45) is 0 Å². The van der Waals surface area contributed by atoms with Crippen LogP contribution in [0.25, 0.3) is 27.5 Å². The number of halogens is 2. The van der Waals surface area contributed by atoms with Gasteiger partial charge in [-0.25, -0.2) is 13.6 Å². The van der Waals surface area contributed by atoms with Crippen molar-refractivity contribution in [2.75, 3.05) is 13.7 Å². The van der Waals surface area contributed by atoms with Gasteiger partial charge < -0.3 is 14.4 Å². The number of ether oxygens (including phenoxy) is 1. The summed E-state index contributed by atoms with van der Waals surface area (Å²) < 4.78 is 37.2. The fraction of sp³-hybridized carbons (Fsp3) is 0.407. The lowest BCUT2D eigenvalue weighted by Gasteiger charge is -2.30. The molecule has 0 radical (unpaired) electrons. The molecule has 6 nitrogen and oxygen atoms in total. The van der Waals surface area contributed by atoms with E-state index in [1.165, 1.54) is 6.07 Å². The molecule has 0 aliphatic heterocycles. The van der Waals surface area contributed by atoms with Gasteiger partial charge in [-0.15, -0.1) is 0 Å². The monoisotopic (exact) mass is 481 g/mol. The number of rotatable bonds is 6. The van der Waals surface area contributed by atoms with Gasteiger partial charge in [-0.3, -0.25) is 5.10 Å². The maximum absolute atomic E-state index is 15.3. The Balaban J connectivity index is 1.88. The van der Waals surface area contributed by atoms with Gasteiger partial charge in [-0.1, -0.05) is 13.8 Å². The van der Waals surface area contributed by atoms with Crippen molar-refractivity contribution in [1.29, 1.82) is 0 Å². The average Bonchev–Trinajstić information content (AvgIpc) is 3.50. The van der Waals surface area contributed by atoms with Crippen molar-refractivity contribution in [3.8, 4) is 5.69 Å². The Labute approximate surface area is 201 Å². The van der Waals surface area contributed by atoms with E-state index in [-0.39, 0.29) is 24.6 Å². The van der Waals surface area contributed by atoms with Crippen LogP contribution >= 0.6 is 0 Å². The van der Waals surface area contributed by atoms with E-state index >= 15 is 4.39 Å². The van der Waals surface area contributed by atoms with Gasteiger partial charge in [0.15, 0.2) is 0 Å². The number of carboxylic acid groups (broad SMARTS) is 1. The first-order valence-corrected chi connectivity index (χ1v) is 11.8. The molecular formula is C27H29F2N3O3. The van der Waals surface area contributed by atoms with Crippen LogP contribution in [0.1, 0.15) is 55.8 Å². The summed E-state index contributed by atoms with van der Waals surface area (Å²) in [5.74, 6) is -2.00. The minimum atomic E-state index is -2.26. The molecule has 1 unspecified atom stereocenters. The van der Waals surface area contributed by atoms with Crippen molar-refractivity contribution >= 4 is 27.8 Å². The van der Waals surface area contributed by atoms with Gasteiger partial charge in [-0.05, 0) is 73.6 Å². The van der Waals surface area contributed by atoms with E-state index in [0.29, 0.717) is 18.6 Å². The van der Waals surface area contributed by atoms with Crippen LogP contribution in [-0.2, 0) is 14.9 Å². The third-order valence-electron chi connectivity index (χ3n) is 7.36. The molecule has 35 heavy (non-hydrogen) atoms. The fourth-order valence-corrected chi connectivity index (χ4v) is 5.73. The fourth-order valence-electron chi connectivity index (χ4n) is 5.73. The van der Waals surface area contributed by atoms with Gasteiger partial charge in [0.1, 0.15) is 5.82 Å². The summed E-state index contributed by atoms with van der Waals surface area (Å²) in [5, 5.41) is 18.6. The zero-order valence-electron chi connectivity index (χ0n) is 20.3. The third-order valence-corrected chi connectivity index (χ3v) is 7.36. The normalized spacial score (nSPS) is 20.8. The van der Waals surface area contributed by atoms with Crippen LogP contribution < -0.4 is 0 Å². The number of aromatic amines is 1. The number of aryl methyl sites for hydroxylation is 1. The molecule has 2 atom stereocenters. The van der Waals surface area contributed by atoms with Gasteiger partial charge in [-0.2, -0.15) is 5.10 Å². The number of carbonyl (C=O) groups is 1. The third kappa shape index (κ3) is 3.71. The van der Waals surface area contributed by atoms with Crippen molar-refractivity contribution in [1.82, 2.24) is 14.8 Å². The van der Waals surface area contributed by atoms with Crippen LogP contribution in [0.3, 0.4) is 0 Å². The SMILES string of the molecule is COCC(C)(C)c1c(C2CC[C@@](F)(C(=O)O)C2)c2cc3[nH]ncc3cc2n1-c1ccc(F)c(C)c1. The lowest BCUT2D eigenvalue weighted by molar-refractivity contribution is -0.150. The molecule has 1 saturated carbocycles. The van der Waals surface area contributed by atoms with Crippen molar-refractivity contribution in [2.45, 2.75) is 57.0 Å². The minimum absolute atomic E-state index is 0.0359. The van der Waals surface area contributed by atoms with Gasteiger partial charge in [0.05, 0.1) is 23.8 Å². The molecule has 0 bridgehead atoms. The lowest BCUT2D eigenvalue weighted by Crippen LogP contribution is -2.31. The van der Waals surface area contributed by atoms with Crippen LogP contribution in [0.5, 0.6) is 0 Å². The highest BCUT2D eigenvalue weighted by Gasteiger charge is 2.48. The van der Waals surface area contributed by atoms with Gasteiger partial charge in [0, 0.05) is 34.7 Å². The Hall–Kier alpha value is -3.26. The van der Waals surface area contributed by atoms with Crippen LogP contribution in [0.15, 0.2) is 36.5 Å². The van der Waals surface area contributed by atoms with E-state index < -0.39 is 17.1 Å². The second-order valence-electron chi connectivity index (χ2n) is 10.4. The second-order valence-corrected chi connectivity index (χ2v) is 10.4. The number of carboxylic acids is 1. The summed E-state index contributed by atoms with van der Waals surface area (Å²) in [4.78, 5) is 11.7. The predicted octanol–water partition coefficient (Wildman–Crippen LogP) is 5.94. The zero-order valence-corrected chi connectivity index (χ0v) is 20.3. The maximum atomic E-state index is 15.3. The molecule has 184 valence electrons. The molecule has 2 aromatic heterocycles. The molecule has 2 heterocycles. The molecule has 8 heteroatoms. The average molecular weight is 482 g/mol. The Morgan fingerprint density at radius 1 is 1.34 bits per heavy atom. The molecule has 1 fully saturated rings. The van der Waals surface area contributed by atoms with E-state index in [0.717, 1.165) is 38.8 Å². The molecule has 0 saturated heterocycles. The van der Waals surface area contributed by atoms with E-state index in [1.807, 2.05) is 12.1 Å². The highest BCUT2D eigenvalue weighted by atomic mass is 19.1. The minimum Gasteiger partial charge on any atom is -0.479 e. The number of H-pyrrole nitrogens is 1. The summed E-state index contributed by atoms with van der Waals surface area (Å²) in [6.45, 7) is 6.23. The van der Waals surface area contributed by atoms with Crippen molar-refractivity contribution in [3.05, 3.63) is 59.2 Å². The van der Waals surface area contributed by atoms with Crippen LogP contribution in [-0.4, -0.2) is 45.2 Å². The summed E-state index contributed by atoms with van der Waals surface area (Å²) in [6, 6.07) is 9.02. The highest BCUT2D eigenvalue weighted by molar-refractivity contribution is 5.99. The number of benzene rings is 2. The number of aliphatic carboxylic acids is 1. The Bertz CT molecular complexity index is 1460. The number of nitrogens with one attached hydrogen (secondary N) is 1. The first-order chi connectivity index (χ1) is 16.6. The number of fused-ring (bicyclic) bond motifs is 2. The molecular weight excluding hydrogens is 452 g/mol. The summed E-state index contributed by atoms with van der Waals surface area (Å²) in [5.41, 5.74) is 2.08. The number of nitrogens with zero attached hydrogens (tertiary/aromatic N) is 2. The van der Waals surface area contributed by atoms with E-state index in [2.05, 4.69) is 28.6 Å². The predicted molar refractivity (Wildman–Crippen MR) is 131 cm³/mol. The quantitative estimate of drug-likeness (QED) is 0.357. The molecule has 1 aliphatic carbocycles. The largest absolute Gasteiger partial charge is 0.479 e. The van der Waals surface area contributed by atoms with E-state index in [1.54, 1.807) is 32.4 Å². The van der Waals surface area contributed by atoms with Crippen LogP contribution in [0, 0.1) is 12.7 Å². The smallest absolute Gasteiger partial charge is 0.341 e. The summed E-state index contributed by atoms with van der Waals surface area (Å²) in [7, 11) is 1.64. The Morgan fingerprint density at radius 3 is 2.77 bits per heavy atom. The zero-order chi connectivity index (χ0) is 25.1. The van der Waals surface area contributed by atoms with Gasteiger partial charge >= 0.3 is 5.97 Å². The topological polar surface area (TPSA) is 80.1 Å². The van der Waals surface area contributed by atoms with Gasteiger partial charge in [0.25, 0.3) is 0 Å². The number of aromatic nitrogens is 3.